The van der Waals surface area contributed by atoms with Crippen molar-refractivity contribution in [2.45, 2.75) is 17.8 Å². The molecule has 134 valence electrons. The number of thiophene rings is 1. The number of ether oxygens (including phenoxy) is 1. The molecule has 0 amide bonds. The van der Waals surface area contributed by atoms with E-state index in [-0.39, 0.29) is 10.8 Å². The second-order valence-corrected chi connectivity index (χ2v) is 7.54. The third-order valence-electron chi connectivity index (χ3n) is 3.61. The predicted octanol–water partition coefficient (Wildman–Crippen LogP) is 4.64. The maximum atomic E-state index is 11.8. The van der Waals surface area contributed by atoms with Crippen molar-refractivity contribution >= 4 is 56.6 Å². The number of carbonyl (C=O) groups excluding carboxylic acids is 1. The molecule has 0 radical (unpaired) electrons. The molecule has 3 rings (SSSR count). The number of nitro benzene ring substituents is 1. The van der Waals surface area contributed by atoms with Crippen molar-refractivity contribution < 1.29 is 14.5 Å². The van der Waals surface area contributed by atoms with Gasteiger partial charge >= 0.3 is 5.97 Å². The Morgan fingerprint density at radius 2 is 2.04 bits per heavy atom. The minimum atomic E-state index is -0.439. The maximum Gasteiger partial charge on any atom is 0.348 e. The number of methoxy groups -OCH3 is 1. The highest BCUT2D eigenvalue weighted by Crippen LogP contribution is 2.35. The van der Waals surface area contributed by atoms with E-state index in [1.165, 1.54) is 42.3 Å². The zero-order valence-electron chi connectivity index (χ0n) is 13.7. The molecular weight excluding hydrogens is 398 g/mol. The largest absolute Gasteiger partial charge is 0.465 e. The van der Waals surface area contributed by atoms with Gasteiger partial charge in [-0.2, -0.15) is 0 Å². The molecule has 0 aliphatic carbocycles. The van der Waals surface area contributed by atoms with Crippen LogP contribution in [-0.2, 0) is 10.5 Å². The fraction of sp³-hybridized carbons (Fsp3) is 0.188. The molecule has 2 heterocycles. The summed E-state index contributed by atoms with van der Waals surface area (Å²) >= 11 is 8.85. The van der Waals surface area contributed by atoms with Gasteiger partial charge in [-0.1, -0.05) is 35.5 Å². The minimum absolute atomic E-state index is 0.0452. The average molecular weight is 410 g/mol. The smallest absolute Gasteiger partial charge is 0.348 e. The molecule has 0 unspecified atom stereocenters. The van der Waals surface area contributed by atoms with E-state index in [9.17, 15) is 14.9 Å². The van der Waals surface area contributed by atoms with Gasteiger partial charge in [0.15, 0.2) is 5.16 Å². The summed E-state index contributed by atoms with van der Waals surface area (Å²) in [6.07, 6.45) is 0. The Labute approximate surface area is 161 Å². The number of esters is 1. The summed E-state index contributed by atoms with van der Waals surface area (Å²) in [4.78, 5) is 31.9. The zero-order valence-corrected chi connectivity index (χ0v) is 16.1. The van der Waals surface area contributed by atoms with E-state index in [4.69, 9.17) is 16.3 Å². The van der Waals surface area contributed by atoms with Crippen molar-refractivity contribution in [2.24, 2.45) is 0 Å². The maximum absolute atomic E-state index is 11.8. The monoisotopic (exact) mass is 409 g/mol. The number of hydrogen-bond acceptors (Lipinski definition) is 8. The number of fused-ring (bicyclic) bond motifs is 1. The Balaban J connectivity index is 1.84. The Kier molecular flexibility index (Phi) is 5.40. The molecule has 26 heavy (non-hydrogen) atoms. The molecule has 0 saturated carbocycles. The Morgan fingerprint density at radius 1 is 1.35 bits per heavy atom. The molecular formula is C16H12ClN3O4S2. The molecule has 7 nitrogen and oxygen atoms in total. The number of rotatable bonds is 5. The normalized spacial score (nSPS) is 10.9. The average Bonchev–Trinajstić information content (AvgIpc) is 2.96. The van der Waals surface area contributed by atoms with E-state index in [1.54, 1.807) is 19.1 Å². The third kappa shape index (κ3) is 3.64. The van der Waals surface area contributed by atoms with Gasteiger partial charge in [0.2, 0.25) is 0 Å². The minimum Gasteiger partial charge on any atom is -0.465 e. The number of carbonyl (C=O) groups is 1. The van der Waals surface area contributed by atoms with E-state index in [0.29, 0.717) is 31.6 Å². The van der Waals surface area contributed by atoms with Crippen molar-refractivity contribution in [1.82, 2.24) is 9.97 Å². The van der Waals surface area contributed by atoms with Crippen LogP contribution in [-0.4, -0.2) is 28.0 Å². The van der Waals surface area contributed by atoms with E-state index < -0.39 is 10.9 Å². The van der Waals surface area contributed by atoms with Crippen molar-refractivity contribution in [1.29, 1.82) is 0 Å². The van der Waals surface area contributed by atoms with Crippen LogP contribution >= 0.6 is 34.7 Å². The van der Waals surface area contributed by atoms with Crippen molar-refractivity contribution in [3.63, 3.8) is 0 Å². The first-order valence-corrected chi connectivity index (χ1v) is 9.49. The number of nitrogens with zero attached hydrogens (tertiary/aromatic N) is 3. The number of aromatic nitrogens is 2. The molecule has 0 spiro atoms. The second-order valence-electron chi connectivity index (χ2n) is 5.24. The van der Waals surface area contributed by atoms with Crippen LogP contribution in [0.15, 0.2) is 29.4 Å². The lowest BCUT2D eigenvalue weighted by Crippen LogP contribution is -1.99. The van der Waals surface area contributed by atoms with Crippen LogP contribution in [0.3, 0.4) is 0 Å². The van der Waals surface area contributed by atoms with Gasteiger partial charge in [0.1, 0.15) is 14.9 Å². The Morgan fingerprint density at radius 3 is 2.65 bits per heavy atom. The van der Waals surface area contributed by atoms with Crippen LogP contribution in [0.25, 0.3) is 10.2 Å². The number of aryl methyl sites for hydroxylation is 1. The topological polar surface area (TPSA) is 95.2 Å². The van der Waals surface area contributed by atoms with Crippen LogP contribution < -0.4 is 0 Å². The molecule has 0 atom stereocenters. The summed E-state index contributed by atoms with van der Waals surface area (Å²) in [5, 5.41) is 12.1. The van der Waals surface area contributed by atoms with E-state index >= 15 is 0 Å². The van der Waals surface area contributed by atoms with Gasteiger partial charge in [-0.15, -0.1) is 11.3 Å². The van der Waals surface area contributed by atoms with Gasteiger partial charge in [-0.3, -0.25) is 10.1 Å². The lowest BCUT2D eigenvalue weighted by molar-refractivity contribution is -0.384. The molecule has 0 bridgehead atoms. The lowest BCUT2D eigenvalue weighted by Gasteiger charge is -2.03. The molecule has 0 aliphatic rings. The molecule has 3 aromatic rings. The van der Waals surface area contributed by atoms with Gasteiger partial charge < -0.3 is 4.74 Å². The second kappa shape index (κ2) is 7.56. The van der Waals surface area contributed by atoms with Crippen LogP contribution in [0.4, 0.5) is 5.69 Å². The highest BCUT2D eigenvalue weighted by atomic mass is 35.5. The summed E-state index contributed by atoms with van der Waals surface area (Å²) < 4.78 is 4.78. The zero-order chi connectivity index (χ0) is 18.8. The fourth-order valence-corrected chi connectivity index (χ4v) is 4.66. The first kappa shape index (κ1) is 18.6. The molecule has 0 fully saturated rings. The number of non-ortho nitro benzene ring substituents is 1. The molecule has 0 saturated heterocycles. The Hall–Kier alpha value is -2.23. The number of benzene rings is 1. The van der Waals surface area contributed by atoms with Gasteiger partial charge in [0.05, 0.1) is 17.4 Å². The number of hydrogen-bond donors (Lipinski definition) is 0. The summed E-state index contributed by atoms with van der Waals surface area (Å²) in [5.74, 6) is 0.107. The molecule has 1 aromatic carbocycles. The van der Waals surface area contributed by atoms with Crippen LogP contribution in [0.2, 0.25) is 5.15 Å². The number of halogens is 1. The molecule has 0 N–H and O–H groups in total. The summed E-state index contributed by atoms with van der Waals surface area (Å²) in [6.45, 7) is 1.78. The van der Waals surface area contributed by atoms with E-state index in [1.807, 2.05) is 0 Å². The number of thioether (sulfide) groups is 1. The summed E-state index contributed by atoms with van der Waals surface area (Å²) in [5.41, 5.74) is 1.65. The SMILES string of the molecule is COC(=O)c1sc2nc(SCc3ccc([N+](=O)[O-])cc3)nc(Cl)c2c1C. The fourth-order valence-electron chi connectivity index (χ4n) is 2.29. The standard InChI is InChI=1S/C16H12ClN3O4S2/c1-8-11-13(17)18-16(19-14(11)26-12(8)15(21)24-2)25-7-9-3-5-10(6-4-9)20(22)23/h3-6H,7H2,1-2H3. The van der Waals surface area contributed by atoms with Crippen LogP contribution in [0.5, 0.6) is 0 Å². The molecule has 0 aliphatic heterocycles. The van der Waals surface area contributed by atoms with Crippen molar-refractivity contribution in [3.05, 3.63) is 55.5 Å². The lowest BCUT2D eigenvalue weighted by atomic mass is 10.2. The molecule has 10 heteroatoms. The quantitative estimate of drug-likeness (QED) is 0.151. The van der Waals surface area contributed by atoms with Gasteiger partial charge in [0.25, 0.3) is 5.69 Å². The van der Waals surface area contributed by atoms with Gasteiger partial charge in [-0.25, -0.2) is 14.8 Å². The van der Waals surface area contributed by atoms with E-state index in [0.717, 1.165) is 5.56 Å². The first-order valence-electron chi connectivity index (χ1n) is 7.31. The number of nitro groups is 1. The molecule has 2 aromatic heterocycles. The van der Waals surface area contributed by atoms with Crippen LogP contribution in [0, 0.1) is 17.0 Å². The van der Waals surface area contributed by atoms with Crippen LogP contribution in [0.1, 0.15) is 20.8 Å². The van der Waals surface area contributed by atoms with E-state index in [2.05, 4.69) is 9.97 Å². The summed E-state index contributed by atoms with van der Waals surface area (Å²) in [6, 6.07) is 6.29. The Bertz CT molecular complexity index is 1000. The predicted molar refractivity (Wildman–Crippen MR) is 101 cm³/mol. The van der Waals surface area contributed by atoms with Crippen molar-refractivity contribution in [2.75, 3.05) is 7.11 Å². The van der Waals surface area contributed by atoms with Gasteiger partial charge in [-0.05, 0) is 18.1 Å². The highest BCUT2D eigenvalue weighted by molar-refractivity contribution is 7.98. The highest BCUT2D eigenvalue weighted by Gasteiger charge is 2.20. The first-order chi connectivity index (χ1) is 12.4. The van der Waals surface area contributed by atoms with Crippen molar-refractivity contribution in [3.8, 4) is 0 Å². The summed E-state index contributed by atoms with van der Waals surface area (Å²) in [7, 11) is 1.32. The van der Waals surface area contributed by atoms with Gasteiger partial charge in [0, 0.05) is 17.9 Å². The third-order valence-corrected chi connectivity index (χ3v) is 5.97.